The van der Waals surface area contributed by atoms with Crippen molar-refractivity contribution in [1.29, 1.82) is 0 Å². The maximum atomic E-state index is 13.0. The molecule has 6 heteroatoms. The van der Waals surface area contributed by atoms with Gasteiger partial charge < -0.3 is 15.4 Å². The van der Waals surface area contributed by atoms with Crippen LogP contribution in [0.3, 0.4) is 0 Å². The molecule has 0 aliphatic heterocycles. The van der Waals surface area contributed by atoms with Gasteiger partial charge in [0.15, 0.2) is 0 Å². The molecule has 1 unspecified atom stereocenters. The number of carbonyl (C=O) groups is 2. The van der Waals surface area contributed by atoms with Crippen LogP contribution in [-0.4, -0.2) is 23.9 Å². The Hall–Kier alpha value is -3.31. The third-order valence-electron chi connectivity index (χ3n) is 5.22. The third-order valence-corrected chi connectivity index (χ3v) is 5.45. The van der Waals surface area contributed by atoms with Crippen molar-refractivity contribution in [3.8, 4) is 5.75 Å². The molecule has 0 spiro atoms. The van der Waals surface area contributed by atoms with E-state index in [9.17, 15) is 9.59 Å². The third kappa shape index (κ3) is 6.34. The number of ether oxygens (including phenoxy) is 1. The van der Waals surface area contributed by atoms with Gasteiger partial charge in [-0.3, -0.25) is 9.59 Å². The Kier molecular flexibility index (Phi) is 7.07. The molecule has 2 amide bonds. The molecular formula is C26H25ClN2O3. The average molecular weight is 449 g/mol. The largest absolute Gasteiger partial charge is 0.489 e. The standard InChI is InChI=1S/C26H25ClN2O3/c27-21-10-4-8-19(14-21)17-32-23-11-5-9-20(16-23)25(30)29-24(26(31)28-22-12-13-22)15-18-6-2-1-3-7-18/h1-11,14,16,22,24H,12-13,15,17H2,(H,28,31)(H,29,30). The van der Waals surface area contributed by atoms with Crippen LogP contribution in [0, 0.1) is 0 Å². The molecule has 0 radical (unpaired) electrons. The molecule has 164 valence electrons. The van der Waals surface area contributed by atoms with Crippen LogP contribution in [-0.2, 0) is 17.8 Å². The van der Waals surface area contributed by atoms with E-state index in [1.54, 1.807) is 30.3 Å². The predicted molar refractivity (Wildman–Crippen MR) is 125 cm³/mol. The number of hydrogen-bond acceptors (Lipinski definition) is 3. The fourth-order valence-electron chi connectivity index (χ4n) is 3.35. The monoisotopic (exact) mass is 448 g/mol. The molecule has 1 saturated carbocycles. The normalized spacial score (nSPS) is 13.8. The van der Waals surface area contributed by atoms with Crippen molar-refractivity contribution in [2.75, 3.05) is 0 Å². The molecule has 4 rings (SSSR count). The summed E-state index contributed by atoms with van der Waals surface area (Å²) in [6.07, 6.45) is 2.41. The molecular weight excluding hydrogens is 424 g/mol. The summed E-state index contributed by atoms with van der Waals surface area (Å²) in [5, 5.41) is 6.54. The van der Waals surface area contributed by atoms with E-state index in [1.807, 2.05) is 48.5 Å². The fraction of sp³-hybridized carbons (Fsp3) is 0.231. The first-order chi connectivity index (χ1) is 15.6. The van der Waals surface area contributed by atoms with E-state index < -0.39 is 6.04 Å². The van der Waals surface area contributed by atoms with Crippen molar-refractivity contribution in [2.45, 2.75) is 38.0 Å². The van der Waals surface area contributed by atoms with Crippen LogP contribution in [0.4, 0.5) is 0 Å². The first-order valence-corrected chi connectivity index (χ1v) is 11.1. The van der Waals surface area contributed by atoms with Crippen molar-refractivity contribution in [1.82, 2.24) is 10.6 Å². The van der Waals surface area contributed by atoms with Gasteiger partial charge in [0, 0.05) is 23.0 Å². The second-order valence-corrected chi connectivity index (χ2v) is 8.38. The zero-order valence-electron chi connectivity index (χ0n) is 17.6. The van der Waals surface area contributed by atoms with Crippen LogP contribution in [0.25, 0.3) is 0 Å². The summed E-state index contributed by atoms with van der Waals surface area (Å²) < 4.78 is 5.83. The topological polar surface area (TPSA) is 67.4 Å². The van der Waals surface area contributed by atoms with E-state index in [0.717, 1.165) is 24.0 Å². The molecule has 1 fully saturated rings. The lowest BCUT2D eigenvalue weighted by molar-refractivity contribution is -0.123. The van der Waals surface area contributed by atoms with Crippen molar-refractivity contribution in [3.63, 3.8) is 0 Å². The highest BCUT2D eigenvalue weighted by molar-refractivity contribution is 6.30. The summed E-state index contributed by atoms with van der Waals surface area (Å²) in [5.41, 5.74) is 2.36. The molecule has 3 aromatic rings. The van der Waals surface area contributed by atoms with E-state index in [0.29, 0.717) is 29.4 Å². The number of hydrogen-bond donors (Lipinski definition) is 2. The molecule has 3 aromatic carbocycles. The van der Waals surface area contributed by atoms with Crippen LogP contribution in [0.15, 0.2) is 78.9 Å². The van der Waals surface area contributed by atoms with Gasteiger partial charge in [0.1, 0.15) is 18.4 Å². The van der Waals surface area contributed by atoms with Crippen LogP contribution >= 0.6 is 11.6 Å². The molecule has 0 bridgehead atoms. The van der Waals surface area contributed by atoms with Gasteiger partial charge >= 0.3 is 0 Å². The fourth-order valence-corrected chi connectivity index (χ4v) is 3.56. The Morgan fingerprint density at radius 1 is 0.938 bits per heavy atom. The highest BCUT2D eigenvalue weighted by Gasteiger charge is 2.28. The number of nitrogens with one attached hydrogen (secondary N) is 2. The predicted octanol–water partition coefficient (Wildman–Crippen LogP) is 4.54. The molecule has 1 aliphatic carbocycles. The molecule has 5 nitrogen and oxygen atoms in total. The molecule has 0 aromatic heterocycles. The van der Waals surface area contributed by atoms with Gasteiger partial charge in [-0.05, 0) is 54.3 Å². The molecule has 2 N–H and O–H groups in total. The lowest BCUT2D eigenvalue weighted by Gasteiger charge is -2.19. The van der Waals surface area contributed by atoms with E-state index in [4.69, 9.17) is 16.3 Å². The first kappa shape index (κ1) is 21.9. The Balaban J connectivity index is 1.42. The summed E-state index contributed by atoms with van der Waals surface area (Å²) >= 11 is 6.02. The highest BCUT2D eigenvalue weighted by atomic mass is 35.5. The van der Waals surface area contributed by atoms with Crippen LogP contribution in [0.1, 0.15) is 34.3 Å². The average Bonchev–Trinajstić information content (AvgIpc) is 3.62. The molecule has 1 atom stereocenters. The number of rotatable bonds is 9. The van der Waals surface area contributed by atoms with Gasteiger partial charge in [0.2, 0.25) is 5.91 Å². The summed E-state index contributed by atoms with van der Waals surface area (Å²) in [6, 6.07) is 23.6. The Bertz CT molecular complexity index is 1080. The smallest absolute Gasteiger partial charge is 0.252 e. The van der Waals surface area contributed by atoms with Crippen LogP contribution in [0.5, 0.6) is 5.75 Å². The molecule has 0 heterocycles. The van der Waals surface area contributed by atoms with Gasteiger partial charge in [0.05, 0.1) is 0 Å². The maximum absolute atomic E-state index is 13.0. The zero-order chi connectivity index (χ0) is 22.3. The van der Waals surface area contributed by atoms with Crippen molar-refractivity contribution in [3.05, 3.63) is 101 Å². The highest BCUT2D eigenvalue weighted by Crippen LogP contribution is 2.20. The van der Waals surface area contributed by atoms with Crippen molar-refractivity contribution >= 4 is 23.4 Å². The second kappa shape index (κ2) is 10.3. The summed E-state index contributed by atoms with van der Waals surface area (Å²) in [7, 11) is 0. The first-order valence-electron chi connectivity index (χ1n) is 10.7. The van der Waals surface area contributed by atoms with Crippen molar-refractivity contribution in [2.24, 2.45) is 0 Å². The zero-order valence-corrected chi connectivity index (χ0v) is 18.3. The minimum absolute atomic E-state index is 0.155. The minimum Gasteiger partial charge on any atom is -0.489 e. The number of benzene rings is 3. The summed E-state index contributed by atoms with van der Waals surface area (Å²) in [4.78, 5) is 25.7. The molecule has 0 saturated heterocycles. The number of carbonyl (C=O) groups excluding carboxylic acids is 2. The lowest BCUT2D eigenvalue weighted by atomic mass is 10.0. The summed E-state index contributed by atoms with van der Waals surface area (Å²) in [5.74, 6) is 0.0998. The number of amides is 2. The summed E-state index contributed by atoms with van der Waals surface area (Å²) in [6.45, 7) is 0.339. The SMILES string of the molecule is O=C(NC(Cc1ccccc1)C(=O)NC1CC1)c1cccc(OCc2cccc(Cl)c2)c1. The lowest BCUT2D eigenvalue weighted by Crippen LogP contribution is -2.48. The molecule has 1 aliphatic rings. The Labute approximate surface area is 192 Å². The Morgan fingerprint density at radius 2 is 1.69 bits per heavy atom. The number of halogens is 1. The van der Waals surface area contributed by atoms with Gasteiger partial charge in [0.25, 0.3) is 5.91 Å². The van der Waals surface area contributed by atoms with E-state index in [1.165, 1.54) is 0 Å². The minimum atomic E-state index is -0.651. The van der Waals surface area contributed by atoms with Gasteiger partial charge in [-0.15, -0.1) is 0 Å². The van der Waals surface area contributed by atoms with Gasteiger partial charge in [-0.1, -0.05) is 60.1 Å². The maximum Gasteiger partial charge on any atom is 0.252 e. The van der Waals surface area contributed by atoms with E-state index in [2.05, 4.69) is 10.6 Å². The van der Waals surface area contributed by atoms with Crippen molar-refractivity contribution < 1.29 is 14.3 Å². The van der Waals surface area contributed by atoms with Gasteiger partial charge in [-0.2, -0.15) is 0 Å². The molecule has 32 heavy (non-hydrogen) atoms. The van der Waals surface area contributed by atoms with E-state index >= 15 is 0 Å². The second-order valence-electron chi connectivity index (χ2n) is 7.95. The Morgan fingerprint density at radius 3 is 2.44 bits per heavy atom. The van der Waals surface area contributed by atoms with Crippen LogP contribution in [0.2, 0.25) is 5.02 Å². The van der Waals surface area contributed by atoms with Crippen LogP contribution < -0.4 is 15.4 Å². The quantitative estimate of drug-likeness (QED) is 0.505. The van der Waals surface area contributed by atoms with E-state index in [-0.39, 0.29) is 17.9 Å². The van der Waals surface area contributed by atoms with Gasteiger partial charge in [-0.25, -0.2) is 0 Å².